The third-order valence-electron chi connectivity index (χ3n) is 4.72. The summed E-state index contributed by atoms with van der Waals surface area (Å²) in [5, 5.41) is 5.31. The number of hydrogen-bond donors (Lipinski definition) is 1. The number of benzene rings is 2. The van der Waals surface area contributed by atoms with Gasteiger partial charge in [-0.05, 0) is 47.7 Å². The van der Waals surface area contributed by atoms with Crippen molar-refractivity contribution in [3.63, 3.8) is 0 Å². The Morgan fingerprint density at radius 3 is 2.52 bits per heavy atom. The molecular weight excluding hydrogens is 408 g/mol. The van der Waals surface area contributed by atoms with Crippen LogP contribution in [0.4, 0.5) is 5.13 Å². The van der Waals surface area contributed by atoms with E-state index in [-0.39, 0.29) is 17.9 Å². The molecular formula is C25H30N2O3S. The molecule has 3 aromatic rings. The fourth-order valence-corrected chi connectivity index (χ4v) is 3.77. The first-order chi connectivity index (χ1) is 14.9. The van der Waals surface area contributed by atoms with Crippen molar-refractivity contribution in [1.29, 1.82) is 0 Å². The molecule has 0 aliphatic rings. The smallest absolute Gasteiger partial charge is 0.264 e. The number of hydrogen-bond acceptors (Lipinski definition) is 5. The Kier molecular flexibility index (Phi) is 7.69. The highest BCUT2D eigenvalue weighted by Crippen LogP contribution is 2.31. The van der Waals surface area contributed by atoms with Gasteiger partial charge in [-0.25, -0.2) is 4.98 Å². The van der Waals surface area contributed by atoms with E-state index >= 15 is 0 Å². The van der Waals surface area contributed by atoms with Crippen LogP contribution in [-0.2, 0) is 10.2 Å². The normalized spacial score (nSPS) is 11.2. The van der Waals surface area contributed by atoms with E-state index in [2.05, 4.69) is 38.0 Å². The quantitative estimate of drug-likeness (QED) is 0.398. The molecule has 0 saturated carbocycles. The van der Waals surface area contributed by atoms with E-state index in [0.29, 0.717) is 5.13 Å². The molecule has 0 aliphatic heterocycles. The standard InChI is InChI=1S/C25H30N2O3S/c1-5-6-15-29-19-13-11-18(12-14-19)21-17-31-24(26-21)27-23(28)16-30-22-10-8-7-9-20(22)25(2,3)4/h7-14,17H,5-6,15-16H2,1-4H3,(H,26,27,28). The van der Waals surface area contributed by atoms with Crippen molar-refractivity contribution >= 4 is 22.4 Å². The maximum Gasteiger partial charge on any atom is 0.264 e. The largest absolute Gasteiger partial charge is 0.494 e. The number of amides is 1. The zero-order valence-electron chi connectivity index (χ0n) is 18.6. The van der Waals surface area contributed by atoms with Crippen molar-refractivity contribution in [3.05, 3.63) is 59.5 Å². The molecule has 164 valence electrons. The molecule has 1 heterocycles. The van der Waals surface area contributed by atoms with Gasteiger partial charge in [0.15, 0.2) is 11.7 Å². The highest BCUT2D eigenvalue weighted by atomic mass is 32.1. The van der Waals surface area contributed by atoms with Gasteiger partial charge in [0, 0.05) is 10.9 Å². The summed E-state index contributed by atoms with van der Waals surface area (Å²) in [5.41, 5.74) is 2.81. The number of aromatic nitrogens is 1. The second kappa shape index (κ2) is 10.4. The lowest BCUT2D eigenvalue weighted by molar-refractivity contribution is -0.118. The van der Waals surface area contributed by atoms with E-state index in [9.17, 15) is 4.79 Å². The second-order valence-corrected chi connectivity index (χ2v) is 9.21. The van der Waals surface area contributed by atoms with Gasteiger partial charge >= 0.3 is 0 Å². The molecule has 0 spiro atoms. The van der Waals surface area contributed by atoms with Crippen LogP contribution in [-0.4, -0.2) is 24.1 Å². The number of thiazole rings is 1. The highest BCUT2D eigenvalue weighted by molar-refractivity contribution is 7.14. The number of carbonyl (C=O) groups is 1. The predicted octanol–water partition coefficient (Wildman–Crippen LogP) is 6.30. The van der Waals surface area contributed by atoms with Crippen molar-refractivity contribution in [1.82, 2.24) is 4.98 Å². The van der Waals surface area contributed by atoms with E-state index in [0.717, 1.165) is 47.8 Å². The number of rotatable bonds is 9. The predicted molar refractivity (Wildman–Crippen MR) is 127 cm³/mol. The van der Waals surface area contributed by atoms with Crippen molar-refractivity contribution in [2.45, 2.75) is 46.0 Å². The Balaban J connectivity index is 1.56. The summed E-state index contributed by atoms with van der Waals surface area (Å²) in [4.78, 5) is 16.9. The van der Waals surface area contributed by atoms with Gasteiger partial charge in [-0.15, -0.1) is 11.3 Å². The minimum atomic E-state index is -0.232. The van der Waals surface area contributed by atoms with Crippen LogP contribution in [0.15, 0.2) is 53.9 Å². The Hall–Kier alpha value is -2.86. The number of anilines is 1. The fraction of sp³-hybridized carbons (Fsp3) is 0.360. The molecule has 0 saturated heterocycles. The van der Waals surface area contributed by atoms with Gasteiger partial charge in [-0.1, -0.05) is 52.3 Å². The van der Waals surface area contributed by atoms with E-state index < -0.39 is 0 Å². The lowest BCUT2D eigenvalue weighted by Crippen LogP contribution is -2.21. The van der Waals surface area contributed by atoms with Gasteiger partial charge in [0.2, 0.25) is 0 Å². The third kappa shape index (κ3) is 6.56. The van der Waals surface area contributed by atoms with Crippen molar-refractivity contribution in [3.8, 4) is 22.8 Å². The monoisotopic (exact) mass is 438 g/mol. The summed E-state index contributed by atoms with van der Waals surface area (Å²) in [7, 11) is 0. The lowest BCUT2D eigenvalue weighted by atomic mass is 9.86. The molecule has 1 N–H and O–H groups in total. The van der Waals surface area contributed by atoms with Crippen molar-refractivity contribution in [2.75, 3.05) is 18.5 Å². The topological polar surface area (TPSA) is 60.5 Å². The number of nitrogens with one attached hydrogen (secondary N) is 1. The zero-order valence-corrected chi connectivity index (χ0v) is 19.4. The maximum absolute atomic E-state index is 12.4. The molecule has 0 aliphatic carbocycles. The molecule has 5 nitrogen and oxygen atoms in total. The molecule has 0 bridgehead atoms. The molecule has 0 atom stereocenters. The summed E-state index contributed by atoms with van der Waals surface area (Å²) in [5.74, 6) is 1.35. The van der Waals surface area contributed by atoms with E-state index in [1.165, 1.54) is 11.3 Å². The molecule has 31 heavy (non-hydrogen) atoms. The van der Waals surface area contributed by atoms with Crippen LogP contribution in [0, 0.1) is 0 Å². The van der Waals surface area contributed by atoms with Gasteiger partial charge in [0.1, 0.15) is 11.5 Å². The first-order valence-corrected chi connectivity index (χ1v) is 11.5. The fourth-order valence-electron chi connectivity index (χ4n) is 3.03. The van der Waals surface area contributed by atoms with Crippen molar-refractivity contribution in [2.24, 2.45) is 0 Å². The lowest BCUT2D eigenvalue weighted by Gasteiger charge is -2.22. The van der Waals surface area contributed by atoms with E-state index in [4.69, 9.17) is 9.47 Å². The Morgan fingerprint density at radius 1 is 1.06 bits per heavy atom. The molecule has 3 rings (SSSR count). The Bertz CT molecular complexity index is 991. The van der Waals surface area contributed by atoms with Crippen LogP contribution >= 0.6 is 11.3 Å². The molecule has 0 radical (unpaired) electrons. The van der Waals surface area contributed by atoms with Crippen LogP contribution < -0.4 is 14.8 Å². The summed E-state index contributed by atoms with van der Waals surface area (Å²) in [6.45, 7) is 9.17. The van der Waals surface area contributed by atoms with Crippen molar-refractivity contribution < 1.29 is 14.3 Å². The van der Waals surface area contributed by atoms with Gasteiger partial charge in [0.05, 0.1) is 12.3 Å². The molecule has 6 heteroatoms. The van der Waals surface area contributed by atoms with Crippen LogP contribution in [0.2, 0.25) is 0 Å². The number of unbranched alkanes of at least 4 members (excludes halogenated alkanes) is 1. The van der Waals surface area contributed by atoms with Crippen LogP contribution in [0.25, 0.3) is 11.3 Å². The first kappa shape index (κ1) is 22.8. The maximum atomic E-state index is 12.4. The Labute approximate surface area is 188 Å². The summed E-state index contributed by atoms with van der Waals surface area (Å²) in [6.07, 6.45) is 2.15. The van der Waals surface area contributed by atoms with Crippen LogP contribution in [0.1, 0.15) is 46.1 Å². The van der Waals surface area contributed by atoms with Crippen LogP contribution in [0.3, 0.4) is 0 Å². The molecule has 0 unspecified atom stereocenters. The molecule has 0 fully saturated rings. The second-order valence-electron chi connectivity index (χ2n) is 8.35. The van der Waals surface area contributed by atoms with E-state index in [1.54, 1.807) is 0 Å². The average Bonchev–Trinajstić information content (AvgIpc) is 3.21. The zero-order chi connectivity index (χ0) is 22.3. The molecule has 1 amide bonds. The van der Waals surface area contributed by atoms with Crippen LogP contribution in [0.5, 0.6) is 11.5 Å². The molecule has 2 aromatic carbocycles. The van der Waals surface area contributed by atoms with Gasteiger partial charge in [-0.2, -0.15) is 0 Å². The number of para-hydroxylation sites is 1. The summed E-state index contributed by atoms with van der Waals surface area (Å²) in [6, 6.07) is 15.7. The van der Waals surface area contributed by atoms with Gasteiger partial charge in [-0.3, -0.25) is 10.1 Å². The average molecular weight is 439 g/mol. The molecule has 1 aromatic heterocycles. The number of nitrogens with zero attached hydrogens (tertiary/aromatic N) is 1. The highest BCUT2D eigenvalue weighted by Gasteiger charge is 2.19. The minimum absolute atomic E-state index is 0.0616. The first-order valence-electron chi connectivity index (χ1n) is 10.6. The number of carbonyl (C=O) groups excluding carboxylic acids is 1. The van der Waals surface area contributed by atoms with Gasteiger partial charge in [0.25, 0.3) is 5.91 Å². The van der Waals surface area contributed by atoms with Gasteiger partial charge < -0.3 is 9.47 Å². The summed E-state index contributed by atoms with van der Waals surface area (Å²) >= 11 is 1.39. The SMILES string of the molecule is CCCCOc1ccc(-c2csc(NC(=O)COc3ccccc3C(C)(C)C)n2)cc1. The summed E-state index contributed by atoms with van der Waals surface area (Å²) < 4.78 is 11.5. The van der Waals surface area contributed by atoms with E-state index in [1.807, 2.05) is 53.9 Å². The Morgan fingerprint density at radius 2 is 1.81 bits per heavy atom. The number of ether oxygens (including phenoxy) is 2. The third-order valence-corrected chi connectivity index (χ3v) is 5.48. The minimum Gasteiger partial charge on any atom is -0.494 e.